The first-order valence-electron chi connectivity index (χ1n) is 6.60. The molecule has 1 aromatic rings. The SMILES string of the molecule is CCOc1cccc(N2CCCOC(C)C2)c1N. The summed E-state index contributed by atoms with van der Waals surface area (Å²) in [6, 6.07) is 5.96. The van der Waals surface area contributed by atoms with E-state index in [1.165, 1.54) is 0 Å². The van der Waals surface area contributed by atoms with E-state index in [0.29, 0.717) is 6.61 Å². The summed E-state index contributed by atoms with van der Waals surface area (Å²) >= 11 is 0. The number of benzene rings is 1. The van der Waals surface area contributed by atoms with Crippen LogP contribution in [0, 0.1) is 0 Å². The third-order valence-electron chi connectivity index (χ3n) is 3.14. The predicted octanol–water partition coefficient (Wildman–Crippen LogP) is 2.28. The van der Waals surface area contributed by atoms with Crippen molar-refractivity contribution in [3.05, 3.63) is 18.2 Å². The maximum absolute atomic E-state index is 6.19. The highest BCUT2D eigenvalue weighted by molar-refractivity contribution is 5.74. The fraction of sp³-hybridized carbons (Fsp3) is 0.571. The Morgan fingerprint density at radius 2 is 2.33 bits per heavy atom. The Hall–Kier alpha value is -1.42. The zero-order chi connectivity index (χ0) is 13.0. The minimum Gasteiger partial charge on any atom is -0.492 e. The number of nitrogens with two attached hydrogens (primary N) is 1. The largest absolute Gasteiger partial charge is 0.492 e. The summed E-state index contributed by atoms with van der Waals surface area (Å²) in [5.41, 5.74) is 7.97. The van der Waals surface area contributed by atoms with Crippen LogP contribution < -0.4 is 15.4 Å². The molecule has 2 N–H and O–H groups in total. The van der Waals surface area contributed by atoms with Crippen LogP contribution >= 0.6 is 0 Å². The van der Waals surface area contributed by atoms with Gasteiger partial charge in [-0.3, -0.25) is 0 Å². The van der Waals surface area contributed by atoms with Gasteiger partial charge in [-0.2, -0.15) is 0 Å². The molecule has 4 heteroatoms. The van der Waals surface area contributed by atoms with Gasteiger partial charge in [0.25, 0.3) is 0 Å². The first-order valence-corrected chi connectivity index (χ1v) is 6.60. The number of ether oxygens (including phenoxy) is 2. The lowest BCUT2D eigenvalue weighted by molar-refractivity contribution is 0.0821. The fourth-order valence-electron chi connectivity index (χ4n) is 2.30. The van der Waals surface area contributed by atoms with Crippen LogP contribution in [-0.2, 0) is 4.74 Å². The molecular formula is C14H22N2O2. The van der Waals surface area contributed by atoms with Gasteiger partial charge in [0, 0.05) is 19.7 Å². The minimum absolute atomic E-state index is 0.239. The molecule has 1 aliphatic rings. The van der Waals surface area contributed by atoms with E-state index >= 15 is 0 Å². The number of para-hydroxylation sites is 1. The molecule has 0 bridgehead atoms. The van der Waals surface area contributed by atoms with Crippen LogP contribution in [0.5, 0.6) is 5.75 Å². The highest BCUT2D eigenvalue weighted by atomic mass is 16.5. The van der Waals surface area contributed by atoms with Crippen molar-refractivity contribution < 1.29 is 9.47 Å². The molecular weight excluding hydrogens is 228 g/mol. The van der Waals surface area contributed by atoms with Crippen LogP contribution in [0.4, 0.5) is 11.4 Å². The van der Waals surface area contributed by atoms with Gasteiger partial charge in [-0.25, -0.2) is 0 Å². The molecule has 4 nitrogen and oxygen atoms in total. The molecule has 1 fully saturated rings. The van der Waals surface area contributed by atoms with Crippen LogP contribution in [0.25, 0.3) is 0 Å². The number of anilines is 2. The van der Waals surface area contributed by atoms with E-state index < -0.39 is 0 Å². The molecule has 2 rings (SSSR count). The molecule has 0 aromatic heterocycles. The number of rotatable bonds is 3. The Balaban J connectivity index is 2.23. The summed E-state index contributed by atoms with van der Waals surface area (Å²) in [5, 5.41) is 0. The molecule has 1 heterocycles. The average Bonchev–Trinajstić information content (AvgIpc) is 2.57. The lowest BCUT2D eigenvalue weighted by atomic mass is 10.2. The van der Waals surface area contributed by atoms with Crippen LogP contribution in [0.15, 0.2) is 18.2 Å². The highest BCUT2D eigenvalue weighted by Gasteiger charge is 2.18. The van der Waals surface area contributed by atoms with Crippen molar-refractivity contribution in [1.29, 1.82) is 0 Å². The summed E-state index contributed by atoms with van der Waals surface area (Å²) in [6.07, 6.45) is 1.27. The Labute approximate surface area is 109 Å². The topological polar surface area (TPSA) is 47.7 Å². The average molecular weight is 250 g/mol. The van der Waals surface area contributed by atoms with Crippen molar-refractivity contribution in [2.45, 2.75) is 26.4 Å². The van der Waals surface area contributed by atoms with Crippen LogP contribution in [0.2, 0.25) is 0 Å². The Morgan fingerprint density at radius 3 is 3.11 bits per heavy atom. The second-order valence-electron chi connectivity index (χ2n) is 4.60. The number of nitrogens with zero attached hydrogens (tertiary/aromatic N) is 1. The normalized spacial score (nSPS) is 20.6. The van der Waals surface area contributed by atoms with E-state index in [4.69, 9.17) is 15.2 Å². The third kappa shape index (κ3) is 2.88. The molecule has 0 saturated carbocycles. The molecule has 1 saturated heterocycles. The Morgan fingerprint density at radius 1 is 1.50 bits per heavy atom. The van der Waals surface area contributed by atoms with Crippen molar-refractivity contribution in [2.24, 2.45) is 0 Å². The zero-order valence-corrected chi connectivity index (χ0v) is 11.2. The van der Waals surface area contributed by atoms with Gasteiger partial charge in [0.1, 0.15) is 5.75 Å². The highest BCUT2D eigenvalue weighted by Crippen LogP contribution is 2.33. The standard InChI is InChI=1S/C14H22N2O2/c1-3-17-13-7-4-6-12(14(13)15)16-8-5-9-18-11(2)10-16/h4,6-7,11H,3,5,8-10,15H2,1-2H3. The van der Waals surface area contributed by atoms with Crippen molar-refractivity contribution >= 4 is 11.4 Å². The molecule has 100 valence electrons. The molecule has 1 unspecified atom stereocenters. The molecule has 1 atom stereocenters. The van der Waals surface area contributed by atoms with E-state index in [0.717, 1.165) is 43.2 Å². The second kappa shape index (κ2) is 5.96. The zero-order valence-electron chi connectivity index (χ0n) is 11.2. The summed E-state index contributed by atoms with van der Waals surface area (Å²) in [7, 11) is 0. The van der Waals surface area contributed by atoms with Gasteiger partial charge < -0.3 is 20.1 Å². The van der Waals surface area contributed by atoms with Gasteiger partial charge in [0.2, 0.25) is 0 Å². The maximum Gasteiger partial charge on any atom is 0.144 e. The molecule has 0 amide bonds. The van der Waals surface area contributed by atoms with E-state index in [1.807, 2.05) is 19.1 Å². The van der Waals surface area contributed by atoms with Crippen molar-refractivity contribution in [3.8, 4) is 5.75 Å². The van der Waals surface area contributed by atoms with Gasteiger partial charge in [-0.1, -0.05) is 6.07 Å². The van der Waals surface area contributed by atoms with Gasteiger partial charge >= 0.3 is 0 Å². The van der Waals surface area contributed by atoms with Crippen LogP contribution in [0.3, 0.4) is 0 Å². The van der Waals surface area contributed by atoms with E-state index in [2.05, 4.69) is 17.9 Å². The smallest absolute Gasteiger partial charge is 0.144 e. The molecule has 0 spiro atoms. The van der Waals surface area contributed by atoms with Crippen molar-refractivity contribution in [1.82, 2.24) is 0 Å². The molecule has 1 aromatic carbocycles. The van der Waals surface area contributed by atoms with Gasteiger partial charge in [0.15, 0.2) is 0 Å². The molecule has 1 aliphatic heterocycles. The van der Waals surface area contributed by atoms with Gasteiger partial charge in [-0.05, 0) is 32.4 Å². The van der Waals surface area contributed by atoms with E-state index in [-0.39, 0.29) is 6.10 Å². The fourth-order valence-corrected chi connectivity index (χ4v) is 2.30. The lowest BCUT2D eigenvalue weighted by Gasteiger charge is -2.26. The van der Waals surface area contributed by atoms with E-state index in [9.17, 15) is 0 Å². The number of hydrogen-bond acceptors (Lipinski definition) is 4. The third-order valence-corrected chi connectivity index (χ3v) is 3.14. The Bertz CT molecular complexity index is 395. The van der Waals surface area contributed by atoms with Crippen molar-refractivity contribution in [2.75, 3.05) is 36.9 Å². The summed E-state index contributed by atoms with van der Waals surface area (Å²) in [5.74, 6) is 0.771. The van der Waals surface area contributed by atoms with Crippen LogP contribution in [0.1, 0.15) is 20.3 Å². The quantitative estimate of drug-likeness (QED) is 0.836. The van der Waals surface area contributed by atoms with Crippen molar-refractivity contribution in [3.63, 3.8) is 0 Å². The molecule has 0 aliphatic carbocycles. The van der Waals surface area contributed by atoms with Gasteiger partial charge in [-0.15, -0.1) is 0 Å². The summed E-state index contributed by atoms with van der Waals surface area (Å²) in [4.78, 5) is 2.29. The number of nitrogen functional groups attached to an aromatic ring is 1. The number of hydrogen-bond donors (Lipinski definition) is 1. The summed E-state index contributed by atoms with van der Waals surface area (Å²) < 4.78 is 11.2. The minimum atomic E-state index is 0.239. The summed E-state index contributed by atoms with van der Waals surface area (Å²) in [6.45, 7) is 7.37. The first kappa shape index (κ1) is 13.0. The first-order chi connectivity index (χ1) is 8.72. The predicted molar refractivity (Wildman–Crippen MR) is 74.3 cm³/mol. The Kier molecular flexibility index (Phi) is 4.31. The maximum atomic E-state index is 6.19. The molecule has 18 heavy (non-hydrogen) atoms. The lowest BCUT2D eigenvalue weighted by Crippen LogP contribution is -2.30. The monoisotopic (exact) mass is 250 g/mol. The van der Waals surface area contributed by atoms with Crippen LogP contribution in [-0.4, -0.2) is 32.4 Å². The second-order valence-corrected chi connectivity index (χ2v) is 4.60. The molecule has 0 radical (unpaired) electrons. The van der Waals surface area contributed by atoms with Gasteiger partial charge in [0.05, 0.1) is 24.1 Å². The van der Waals surface area contributed by atoms with E-state index in [1.54, 1.807) is 0 Å².